The first-order chi connectivity index (χ1) is 15.4. The normalized spacial score (nSPS) is 15.4. The van der Waals surface area contributed by atoms with Crippen molar-refractivity contribution in [3.05, 3.63) is 53.1 Å². The minimum atomic E-state index is -3.47. The van der Waals surface area contributed by atoms with Gasteiger partial charge in [0.1, 0.15) is 11.8 Å². The zero-order valence-electron chi connectivity index (χ0n) is 17.4. The number of hydrogen-bond donors (Lipinski definition) is 2. The molecule has 1 aromatic heterocycles. The van der Waals surface area contributed by atoms with Crippen LogP contribution >= 0.6 is 0 Å². The summed E-state index contributed by atoms with van der Waals surface area (Å²) in [7, 11) is -3.47. The summed E-state index contributed by atoms with van der Waals surface area (Å²) in [6.45, 7) is 2.45. The van der Waals surface area contributed by atoms with E-state index in [0.717, 1.165) is 16.7 Å². The van der Waals surface area contributed by atoms with E-state index >= 15 is 0 Å². The van der Waals surface area contributed by atoms with Crippen LogP contribution in [0.5, 0.6) is 5.75 Å². The largest absolute Gasteiger partial charge is 0.507 e. The lowest BCUT2D eigenvalue weighted by molar-refractivity contribution is 0.163. The molecule has 3 aromatic rings. The predicted molar refractivity (Wildman–Crippen MR) is 116 cm³/mol. The van der Waals surface area contributed by atoms with Gasteiger partial charge in [-0.1, -0.05) is 23.4 Å². The van der Waals surface area contributed by atoms with Gasteiger partial charge in [-0.05, 0) is 49.1 Å². The monoisotopic (exact) mass is 454 g/mol. The molecular formula is C22H22N4O5S. The van der Waals surface area contributed by atoms with Crippen LogP contribution in [0.25, 0.3) is 22.8 Å². The second-order valence-corrected chi connectivity index (χ2v) is 9.24. The van der Waals surface area contributed by atoms with Gasteiger partial charge in [0.2, 0.25) is 15.8 Å². The molecule has 0 aliphatic heterocycles. The molecule has 0 fully saturated rings. The highest BCUT2D eigenvalue weighted by Crippen LogP contribution is 2.38. The van der Waals surface area contributed by atoms with Gasteiger partial charge >= 0.3 is 0 Å². The van der Waals surface area contributed by atoms with Gasteiger partial charge in [0.15, 0.2) is 0 Å². The molecule has 2 N–H and O–H groups in total. The van der Waals surface area contributed by atoms with E-state index in [-0.39, 0.29) is 35.6 Å². The third-order valence-electron chi connectivity index (χ3n) is 5.32. The molecule has 1 aliphatic rings. The standard InChI is InChI=1S/C22H22N4O5S/c1-2-30-10-11-32(28,29)26-19-8-7-16-17(19)4-3-5-18(16)21-24-22(31-25-21)14-6-9-20(27)15(12-14)13-23/h3-6,9,12,19,26-27H,2,7-8,10-11H2,1H3. The van der Waals surface area contributed by atoms with Crippen molar-refractivity contribution in [2.24, 2.45) is 0 Å². The summed E-state index contributed by atoms with van der Waals surface area (Å²) in [6, 6.07) is 11.7. The molecule has 9 nitrogen and oxygen atoms in total. The van der Waals surface area contributed by atoms with Crippen LogP contribution < -0.4 is 4.72 Å². The van der Waals surface area contributed by atoms with Gasteiger partial charge in [-0.3, -0.25) is 0 Å². The van der Waals surface area contributed by atoms with E-state index in [1.165, 1.54) is 12.1 Å². The zero-order valence-corrected chi connectivity index (χ0v) is 18.2. The third kappa shape index (κ3) is 4.50. The lowest BCUT2D eigenvalue weighted by atomic mass is 10.0. The fraction of sp³-hybridized carbons (Fsp3) is 0.318. The van der Waals surface area contributed by atoms with Crippen LogP contribution in [0.3, 0.4) is 0 Å². The molecule has 1 atom stereocenters. The lowest BCUT2D eigenvalue weighted by Crippen LogP contribution is -2.31. The van der Waals surface area contributed by atoms with E-state index in [2.05, 4.69) is 14.9 Å². The van der Waals surface area contributed by atoms with Crippen LogP contribution in [0.15, 0.2) is 40.9 Å². The second kappa shape index (κ2) is 9.08. The molecule has 1 aliphatic carbocycles. The number of aromatic nitrogens is 2. The third-order valence-corrected chi connectivity index (χ3v) is 6.67. The molecule has 1 heterocycles. The van der Waals surface area contributed by atoms with Gasteiger partial charge in [0, 0.05) is 23.8 Å². The average molecular weight is 455 g/mol. The SMILES string of the molecule is CCOCCS(=O)(=O)NC1CCc2c(-c3noc(-c4ccc(O)c(C#N)c4)n3)cccc21. The maximum Gasteiger partial charge on any atom is 0.258 e. The molecule has 2 aromatic carbocycles. The molecule has 0 bridgehead atoms. The number of nitriles is 1. The molecule has 1 unspecified atom stereocenters. The molecule has 0 amide bonds. The van der Waals surface area contributed by atoms with Crippen molar-refractivity contribution in [3.8, 4) is 34.7 Å². The molecule has 0 radical (unpaired) electrons. The Morgan fingerprint density at radius 2 is 2.19 bits per heavy atom. The molecule has 0 saturated carbocycles. The lowest BCUT2D eigenvalue weighted by Gasteiger charge is -2.15. The van der Waals surface area contributed by atoms with Crippen molar-refractivity contribution < 1.29 is 22.8 Å². The van der Waals surface area contributed by atoms with E-state index < -0.39 is 10.0 Å². The molecule has 166 valence electrons. The summed E-state index contributed by atoms with van der Waals surface area (Å²) < 4.78 is 38.1. The van der Waals surface area contributed by atoms with E-state index in [1.54, 1.807) is 6.07 Å². The van der Waals surface area contributed by atoms with Crippen molar-refractivity contribution in [2.45, 2.75) is 25.8 Å². The van der Waals surface area contributed by atoms with Crippen LogP contribution in [0.1, 0.15) is 36.1 Å². The minimum Gasteiger partial charge on any atom is -0.507 e. The first kappa shape index (κ1) is 22.0. The number of ether oxygens (including phenoxy) is 1. The maximum absolute atomic E-state index is 12.4. The van der Waals surface area contributed by atoms with Gasteiger partial charge in [-0.25, -0.2) is 13.1 Å². The highest BCUT2D eigenvalue weighted by Gasteiger charge is 2.29. The minimum absolute atomic E-state index is 0.0854. The Hall–Kier alpha value is -3.26. The number of benzene rings is 2. The first-order valence-corrected chi connectivity index (χ1v) is 11.8. The number of phenolic OH excluding ortho intramolecular Hbond substituents is 1. The summed E-state index contributed by atoms with van der Waals surface area (Å²) in [6.07, 6.45) is 1.31. The smallest absolute Gasteiger partial charge is 0.258 e. The molecule has 4 rings (SSSR count). The Kier molecular flexibility index (Phi) is 6.23. The second-order valence-electron chi connectivity index (χ2n) is 7.37. The first-order valence-electron chi connectivity index (χ1n) is 10.2. The van der Waals surface area contributed by atoms with Crippen molar-refractivity contribution >= 4 is 10.0 Å². The number of phenols is 1. The highest BCUT2D eigenvalue weighted by molar-refractivity contribution is 7.89. The van der Waals surface area contributed by atoms with E-state index in [4.69, 9.17) is 14.5 Å². The van der Waals surface area contributed by atoms with Crippen LogP contribution in [0, 0.1) is 11.3 Å². The van der Waals surface area contributed by atoms with Crippen LogP contribution in [0.2, 0.25) is 0 Å². The Bertz CT molecular complexity index is 1280. The maximum atomic E-state index is 12.4. The molecule has 32 heavy (non-hydrogen) atoms. The Labute approximate surface area is 185 Å². The number of aromatic hydroxyl groups is 1. The summed E-state index contributed by atoms with van der Waals surface area (Å²) in [5.74, 6) is 0.396. The molecular weight excluding hydrogens is 432 g/mol. The van der Waals surface area contributed by atoms with Crippen molar-refractivity contribution in [1.29, 1.82) is 5.26 Å². The van der Waals surface area contributed by atoms with Crippen molar-refractivity contribution in [1.82, 2.24) is 14.9 Å². The number of rotatable bonds is 8. The van der Waals surface area contributed by atoms with Crippen LogP contribution in [-0.4, -0.2) is 42.6 Å². The van der Waals surface area contributed by atoms with E-state index in [1.807, 2.05) is 31.2 Å². The quantitative estimate of drug-likeness (QED) is 0.496. The number of nitrogens with zero attached hydrogens (tertiary/aromatic N) is 3. The van der Waals surface area contributed by atoms with E-state index in [0.29, 0.717) is 30.8 Å². The van der Waals surface area contributed by atoms with Crippen LogP contribution in [0.4, 0.5) is 0 Å². The molecule has 10 heteroatoms. The predicted octanol–water partition coefficient (Wildman–Crippen LogP) is 2.92. The topological polar surface area (TPSA) is 138 Å². The zero-order chi connectivity index (χ0) is 22.7. The Morgan fingerprint density at radius 1 is 1.34 bits per heavy atom. The number of nitrogens with one attached hydrogen (secondary N) is 1. The Balaban J connectivity index is 1.59. The fourth-order valence-electron chi connectivity index (χ4n) is 3.78. The Morgan fingerprint density at radius 3 is 2.97 bits per heavy atom. The number of hydrogen-bond acceptors (Lipinski definition) is 8. The van der Waals surface area contributed by atoms with Gasteiger partial charge in [-0.15, -0.1) is 0 Å². The molecule has 0 saturated heterocycles. The fourth-order valence-corrected chi connectivity index (χ4v) is 4.92. The number of fused-ring (bicyclic) bond motifs is 1. The van der Waals surface area contributed by atoms with Gasteiger partial charge in [0.05, 0.1) is 17.9 Å². The van der Waals surface area contributed by atoms with Crippen LogP contribution in [-0.2, 0) is 21.2 Å². The summed E-state index contributed by atoms with van der Waals surface area (Å²) >= 11 is 0. The van der Waals surface area contributed by atoms with Gasteiger partial charge in [-0.2, -0.15) is 10.2 Å². The average Bonchev–Trinajstić information content (AvgIpc) is 3.42. The van der Waals surface area contributed by atoms with Gasteiger partial charge in [0.25, 0.3) is 5.89 Å². The van der Waals surface area contributed by atoms with Crippen molar-refractivity contribution in [2.75, 3.05) is 19.0 Å². The summed E-state index contributed by atoms with van der Waals surface area (Å²) in [4.78, 5) is 4.46. The van der Waals surface area contributed by atoms with Crippen molar-refractivity contribution in [3.63, 3.8) is 0 Å². The summed E-state index contributed by atoms with van der Waals surface area (Å²) in [5.41, 5.74) is 3.27. The van der Waals surface area contributed by atoms with E-state index in [9.17, 15) is 13.5 Å². The number of sulfonamides is 1. The molecule has 0 spiro atoms. The van der Waals surface area contributed by atoms with Gasteiger partial charge < -0.3 is 14.4 Å². The summed E-state index contributed by atoms with van der Waals surface area (Å²) in [5, 5.41) is 22.9. The highest BCUT2D eigenvalue weighted by atomic mass is 32.2.